The van der Waals surface area contributed by atoms with Gasteiger partial charge in [-0.2, -0.15) is 0 Å². The van der Waals surface area contributed by atoms with Crippen molar-refractivity contribution in [2.45, 2.75) is 26.6 Å². The van der Waals surface area contributed by atoms with Crippen LogP contribution in [-0.2, 0) is 9.47 Å². The molecule has 0 spiro atoms. The number of hydrogen-bond acceptors (Lipinski definition) is 3. The molecular formula is C5H8F2O3. The minimum absolute atomic E-state index is 0.990. The summed E-state index contributed by atoms with van der Waals surface area (Å²) in [5.74, 6) is 0. The summed E-state index contributed by atoms with van der Waals surface area (Å²) in [6.45, 7) is 1.98. The van der Waals surface area contributed by atoms with Crippen LogP contribution in [0, 0.1) is 0 Å². The van der Waals surface area contributed by atoms with Crippen LogP contribution in [0.2, 0.25) is 0 Å². The molecule has 0 aromatic rings. The van der Waals surface area contributed by atoms with E-state index in [0.29, 0.717) is 0 Å². The molecule has 0 saturated heterocycles. The second-order valence-corrected chi connectivity index (χ2v) is 1.57. The number of hydrogen-bond donors (Lipinski definition) is 0. The summed E-state index contributed by atoms with van der Waals surface area (Å²) in [6, 6.07) is 0. The molecule has 0 aliphatic carbocycles. The lowest BCUT2D eigenvalue weighted by Crippen LogP contribution is -2.15. The van der Waals surface area contributed by atoms with E-state index < -0.39 is 18.9 Å². The fraction of sp³-hybridized carbons (Fsp3) is 0.800. The molecule has 0 aliphatic heterocycles. The van der Waals surface area contributed by atoms with Gasteiger partial charge in [0.15, 0.2) is 0 Å². The maximum Gasteiger partial charge on any atom is 0.513 e. The third kappa shape index (κ3) is 5.27. The van der Waals surface area contributed by atoms with Crippen LogP contribution in [0.25, 0.3) is 0 Å². The molecule has 10 heavy (non-hydrogen) atoms. The maximum atomic E-state index is 11.8. The predicted octanol–water partition coefficient (Wildman–Crippen LogP) is 1.77. The second kappa shape index (κ2) is 4.03. The Morgan fingerprint density at radius 1 is 1.20 bits per heavy atom. The highest BCUT2D eigenvalue weighted by Gasteiger charge is 2.11. The van der Waals surface area contributed by atoms with E-state index in [1.165, 1.54) is 0 Å². The Morgan fingerprint density at radius 2 is 1.50 bits per heavy atom. The molecule has 0 aliphatic rings. The van der Waals surface area contributed by atoms with Crippen molar-refractivity contribution in [1.29, 1.82) is 0 Å². The third-order valence-corrected chi connectivity index (χ3v) is 0.517. The first-order valence-electron chi connectivity index (χ1n) is 2.67. The topological polar surface area (TPSA) is 35.5 Å². The van der Waals surface area contributed by atoms with E-state index in [-0.39, 0.29) is 0 Å². The molecule has 60 valence electrons. The van der Waals surface area contributed by atoms with E-state index in [1.54, 1.807) is 0 Å². The van der Waals surface area contributed by atoms with Crippen LogP contribution in [0.15, 0.2) is 0 Å². The van der Waals surface area contributed by atoms with Gasteiger partial charge in [-0.3, -0.25) is 0 Å². The number of carbonyl (C=O) groups is 1. The summed E-state index contributed by atoms with van der Waals surface area (Å²) >= 11 is 0. The largest absolute Gasteiger partial charge is 0.513 e. The van der Waals surface area contributed by atoms with Crippen molar-refractivity contribution < 1.29 is 23.0 Å². The SMILES string of the molecule is C[C@H](F)OC(=O)O[C@@H](C)F. The smallest absolute Gasteiger partial charge is 0.400 e. The van der Waals surface area contributed by atoms with Gasteiger partial charge in [0.2, 0.25) is 12.7 Å². The van der Waals surface area contributed by atoms with Gasteiger partial charge in [0.05, 0.1) is 0 Å². The standard InChI is InChI=1S/C5H8F2O3/c1-3(6)9-5(8)10-4(2)7/h3-4H,1-2H3/t3-,4+. The van der Waals surface area contributed by atoms with Gasteiger partial charge in [-0.1, -0.05) is 0 Å². The van der Waals surface area contributed by atoms with E-state index in [2.05, 4.69) is 9.47 Å². The molecule has 0 aromatic heterocycles. The summed E-state index contributed by atoms with van der Waals surface area (Å²) in [5.41, 5.74) is 0. The van der Waals surface area contributed by atoms with Crippen molar-refractivity contribution in [2.75, 3.05) is 0 Å². The Kier molecular flexibility index (Phi) is 3.68. The van der Waals surface area contributed by atoms with E-state index in [9.17, 15) is 13.6 Å². The Labute approximate surface area is 56.9 Å². The molecule has 0 fully saturated rings. The monoisotopic (exact) mass is 154 g/mol. The second-order valence-electron chi connectivity index (χ2n) is 1.57. The van der Waals surface area contributed by atoms with Crippen LogP contribution < -0.4 is 0 Å². The number of alkyl halides is 2. The summed E-state index contributed by atoms with van der Waals surface area (Å²) in [6.07, 6.45) is -4.89. The zero-order chi connectivity index (χ0) is 8.15. The van der Waals surface area contributed by atoms with Crippen LogP contribution in [0.5, 0.6) is 0 Å². The van der Waals surface area contributed by atoms with Gasteiger partial charge >= 0.3 is 6.16 Å². The Bertz CT molecular complexity index is 101. The lowest BCUT2D eigenvalue weighted by molar-refractivity contribution is -0.0615. The molecule has 2 atom stereocenters. The quantitative estimate of drug-likeness (QED) is 0.568. The zero-order valence-electron chi connectivity index (χ0n) is 5.64. The molecule has 0 rings (SSSR count). The van der Waals surface area contributed by atoms with E-state index in [0.717, 1.165) is 13.8 Å². The molecule has 0 radical (unpaired) electrons. The van der Waals surface area contributed by atoms with Crippen LogP contribution in [0.4, 0.5) is 13.6 Å². The summed E-state index contributed by atoms with van der Waals surface area (Å²) in [5, 5.41) is 0. The molecule has 0 unspecified atom stereocenters. The highest BCUT2D eigenvalue weighted by atomic mass is 19.2. The highest BCUT2D eigenvalue weighted by Crippen LogP contribution is 1.98. The molecule has 3 nitrogen and oxygen atoms in total. The van der Waals surface area contributed by atoms with Crippen LogP contribution in [0.3, 0.4) is 0 Å². The first kappa shape index (κ1) is 9.13. The Hall–Kier alpha value is -0.870. The number of halogens is 2. The first-order chi connectivity index (χ1) is 4.52. The Balaban J connectivity index is 3.44. The first-order valence-corrected chi connectivity index (χ1v) is 2.67. The minimum Gasteiger partial charge on any atom is -0.400 e. The van der Waals surface area contributed by atoms with Gasteiger partial charge in [-0.15, -0.1) is 0 Å². The Morgan fingerprint density at radius 3 is 1.70 bits per heavy atom. The molecule has 0 bridgehead atoms. The van der Waals surface area contributed by atoms with Crippen LogP contribution >= 0.6 is 0 Å². The number of rotatable bonds is 2. The number of carbonyl (C=O) groups excluding carboxylic acids is 1. The van der Waals surface area contributed by atoms with Gasteiger partial charge in [0.25, 0.3) is 0 Å². The third-order valence-electron chi connectivity index (χ3n) is 0.517. The lowest BCUT2D eigenvalue weighted by Gasteiger charge is -2.05. The molecular weight excluding hydrogens is 146 g/mol. The van der Waals surface area contributed by atoms with Crippen LogP contribution in [0.1, 0.15) is 13.8 Å². The molecule has 0 heterocycles. The normalized spacial score (nSPS) is 15.6. The van der Waals surface area contributed by atoms with Crippen molar-refractivity contribution in [3.63, 3.8) is 0 Å². The maximum absolute atomic E-state index is 11.8. The van der Waals surface area contributed by atoms with Gasteiger partial charge in [0.1, 0.15) is 0 Å². The van der Waals surface area contributed by atoms with Crippen molar-refractivity contribution in [3.05, 3.63) is 0 Å². The van der Waals surface area contributed by atoms with Gasteiger partial charge in [-0.25, -0.2) is 13.6 Å². The fourth-order valence-corrected chi connectivity index (χ4v) is 0.293. The van der Waals surface area contributed by atoms with E-state index >= 15 is 0 Å². The van der Waals surface area contributed by atoms with E-state index in [4.69, 9.17) is 0 Å². The highest BCUT2D eigenvalue weighted by molar-refractivity contribution is 5.59. The van der Waals surface area contributed by atoms with Gasteiger partial charge in [0, 0.05) is 13.8 Å². The predicted molar refractivity (Wildman–Crippen MR) is 28.7 cm³/mol. The average Bonchev–Trinajstić information content (AvgIpc) is 1.58. The molecule has 0 N–H and O–H groups in total. The van der Waals surface area contributed by atoms with E-state index in [1.807, 2.05) is 0 Å². The number of ether oxygens (including phenoxy) is 2. The molecule has 5 heteroatoms. The van der Waals surface area contributed by atoms with Gasteiger partial charge < -0.3 is 9.47 Å². The van der Waals surface area contributed by atoms with Gasteiger partial charge in [-0.05, 0) is 0 Å². The lowest BCUT2D eigenvalue weighted by atomic mass is 10.8. The summed E-state index contributed by atoms with van der Waals surface area (Å²) in [4.78, 5) is 10.1. The molecule has 0 saturated carbocycles. The van der Waals surface area contributed by atoms with Crippen molar-refractivity contribution in [2.24, 2.45) is 0 Å². The zero-order valence-corrected chi connectivity index (χ0v) is 5.64. The van der Waals surface area contributed by atoms with Crippen molar-refractivity contribution in [1.82, 2.24) is 0 Å². The minimum atomic E-state index is -1.77. The fourth-order valence-electron chi connectivity index (χ4n) is 0.293. The average molecular weight is 154 g/mol. The molecule has 0 aromatic carbocycles. The van der Waals surface area contributed by atoms with Crippen LogP contribution in [-0.4, -0.2) is 18.9 Å². The summed E-state index contributed by atoms with van der Waals surface area (Å²) in [7, 11) is 0. The summed E-state index contributed by atoms with van der Waals surface area (Å²) < 4.78 is 31.1. The van der Waals surface area contributed by atoms with Crippen molar-refractivity contribution >= 4 is 6.16 Å². The van der Waals surface area contributed by atoms with Crippen molar-refractivity contribution in [3.8, 4) is 0 Å². The molecule has 0 amide bonds.